The third-order valence-corrected chi connectivity index (χ3v) is 3.02. The average molecular weight is 228 g/mol. The second-order valence-electron chi connectivity index (χ2n) is 3.63. The summed E-state index contributed by atoms with van der Waals surface area (Å²) in [6, 6.07) is 1.42. The minimum Gasteiger partial charge on any atom is -0.487 e. The molecule has 1 aliphatic carbocycles. The number of nitrogens with two attached hydrogens (primary N) is 1. The van der Waals surface area contributed by atoms with Crippen LogP contribution in [0.4, 0.5) is 0 Å². The molecule has 1 aliphatic rings. The molecular formula is C9H12N2O3S. The highest BCUT2D eigenvalue weighted by atomic mass is 32.2. The summed E-state index contributed by atoms with van der Waals surface area (Å²) in [5.74, 6) is 0.255. The molecule has 0 amide bonds. The zero-order valence-electron chi connectivity index (χ0n) is 8.30. The summed E-state index contributed by atoms with van der Waals surface area (Å²) < 4.78 is 28.0. The standard InChI is InChI=1S/C9H12N2O3S/c1-6-4-9(15(10,12)13)8(5-11-6)14-7-2-3-7/h4-5,7H,2-3H2,1H3,(H2,10,12,13). The Morgan fingerprint density at radius 1 is 1.53 bits per heavy atom. The predicted octanol–water partition coefficient (Wildman–Crippen LogP) is 0.579. The molecule has 15 heavy (non-hydrogen) atoms. The Hall–Kier alpha value is -1.14. The van der Waals surface area contributed by atoms with E-state index in [1.165, 1.54) is 12.3 Å². The Morgan fingerprint density at radius 2 is 2.20 bits per heavy atom. The van der Waals surface area contributed by atoms with Crippen LogP contribution < -0.4 is 9.88 Å². The van der Waals surface area contributed by atoms with Crippen molar-refractivity contribution in [2.24, 2.45) is 5.14 Å². The van der Waals surface area contributed by atoms with E-state index in [1.807, 2.05) is 0 Å². The lowest BCUT2D eigenvalue weighted by Gasteiger charge is -2.09. The van der Waals surface area contributed by atoms with Crippen molar-refractivity contribution in [2.75, 3.05) is 0 Å². The van der Waals surface area contributed by atoms with Crippen molar-refractivity contribution in [3.63, 3.8) is 0 Å². The minimum absolute atomic E-state index is 0.0156. The zero-order valence-corrected chi connectivity index (χ0v) is 9.12. The molecule has 2 N–H and O–H groups in total. The SMILES string of the molecule is Cc1cc(S(N)(=O)=O)c(OC2CC2)cn1. The lowest BCUT2D eigenvalue weighted by atomic mass is 10.4. The molecular weight excluding hydrogens is 216 g/mol. The highest BCUT2D eigenvalue weighted by Gasteiger charge is 2.26. The molecule has 1 aromatic heterocycles. The van der Waals surface area contributed by atoms with Crippen LogP contribution in [0.25, 0.3) is 0 Å². The first-order chi connectivity index (χ1) is 6.97. The largest absolute Gasteiger partial charge is 0.487 e. The van der Waals surface area contributed by atoms with Crippen LogP contribution in [0.2, 0.25) is 0 Å². The smallest absolute Gasteiger partial charge is 0.241 e. The van der Waals surface area contributed by atoms with Crippen LogP contribution in [0, 0.1) is 6.92 Å². The molecule has 0 bridgehead atoms. The van der Waals surface area contributed by atoms with Gasteiger partial charge in [0.15, 0.2) is 5.75 Å². The predicted molar refractivity (Wildman–Crippen MR) is 54.0 cm³/mol. The van der Waals surface area contributed by atoms with E-state index in [4.69, 9.17) is 9.88 Å². The van der Waals surface area contributed by atoms with Gasteiger partial charge in [-0.1, -0.05) is 0 Å². The fourth-order valence-electron chi connectivity index (χ4n) is 1.20. The second kappa shape index (κ2) is 3.46. The summed E-state index contributed by atoms with van der Waals surface area (Å²) in [7, 11) is -3.74. The number of ether oxygens (including phenoxy) is 1. The van der Waals surface area contributed by atoms with Crippen molar-refractivity contribution in [1.82, 2.24) is 4.98 Å². The van der Waals surface area contributed by atoms with Crippen LogP contribution in [-0.2, 0) is 10.0 Å². The normalized spacial score (nSPS) is 16.4. The van der Waals surface area contributed by atoms with Crippen LogP contribution in [0.5, 0.6) is 5.75 Å². The molecule has 0 spiro atoms. The summed E-state index contributed by atoms with van der Waals surface area (Å²) in [6.07, 6.45) is 3.44. The first-order valence-corrected chi connectivity index (χ1v) is 6.17. The summed E-state index contributed by atoms with van der Waals surface area (Å²) in [6.45, 7) is 1.70. The molecule has 0 radical (unpaired) electrons. The van der Waals surface area contributed by atoms with E-state index in [2.05, 4.69) is 4.98 Å². The van der Waals surface area contributed by atoms with Crippen molar-refractivity contribution in [3.8, 4) is 5.75 Å². The monoisotopic (exact) mass is 228 g/mol. The first kappa shape index (κ1) is 10.4. The minimum atomic E-state index is -3.74. The molecule has 0 atom stereocenters. The second-order valence-corrected chi connectivity index (χ2v) is 5.16. The maximum absolute atomic E-state index is 11.3. The molecule has 1 heterocycles. The van der Waals surface area contributed by atoms with Gasteiger partial charge >= 0.3 is 0 Å². The highest BCUT2D eigenvalue weighted by molar-refractivity contribution is 7.89. The topological polar surface area (TPSA) is 82.3 Å². The number of rotatable bonds is 3. The molecule has 5 nitrogen and oxygen atoms in total. The lowest BCUT2D eigenvalue weighted by Crippen LogP contribution is -2.15. The molecule has 0 aliphatic heterocycles. The first-order valence-electron chi connectivity index (χ1n) is 4.63. The molecule has 1 aromatic rings. The molecule has 82 valence electrons. The summed E-state index contributed by atoms with van der Waals surface area (Å²) in [4.78, 5) is 4.00. The molecule has 0 unspecified atom stereocenters. The summed E-state index contributed by atoms with van der Waals surface area (Å²) in [5, 5.41) is 5.09. The van der Waals surface area contributed by atoms with E-state index >= 15 is 0 Å². The van der Waals surface area contributed by atoms with Gasteiger partial charge in [0.05, 0.1) is 12.3 Å². The zero-order chi connectivity index (χ0) is 11.1. The van der Waals surface area contributed by atoms with Crippen molar-refractivity contribution in [1.29, 1.82) is 0 Å². The van der Waals surface area contributed by atoms with E-state index in [-0.39, 0.29) is 16.7 Å². The van der Waals surface area contributed by atoms with Crippen LogP contribution in [0.3, 0.4) is 0 Å². The number of primary sulfonamides is 1. The number of sulfonamides is 1. The number of aromatic nitrogens is 1. The molecule has 1 fully saturated rings. The van der Waals surface area contributed by atoms with E-state index < -0.39 is 10.0 Å². The van der Waals surface area contributed by atoms with Crippen LogP contribution >= 0.6 is 0 Å². The van der Waals surface area contributed by atoms with E-state index in [9.17, 15) is 8.42 Å². The van der Waals surface area contributed by atoms with Crippen molar-refractivity contribution in [2.45, 2.75) is 30.8 Å². The van der Waals surface area contributed by atoms with E-state index in [0.717, 1.165) is 12.8 Å². The van der Waals surface area contributed by atoms with Gasteiger partial charge in [0.2, 0.25) is 10.0 Å². The lowest BCUT2D eigenvalue weighted by molar-refractivity contribution is 0.293. The van der Waals surface area contributed by atoms with Crippen LogP contribution in [-0.4, -0.2) is 19.5 Å². The molecule has 0 saturated heterocycles. The van der Waals surface area contributed by atoms with Crippen LogP contribution in [0.1, 0.15) is 18.5 Å². The Balaban J connectivity index is 2.43. The Kier molecular flexibility index (Phi) is 2.40. The molecule has 6 heteroatoms. The van der Waals surface area contributed by atoms with Gasteiger partial charge in [0.25, 0.3) is 0 Å². The Labute approximate surface area is 88.3 Å². The molecule has 1 saturated carbocycles. The number of pyridine rings is 1. The van der Waals surface area contributed by atoms with Gasteiger partial charge in [-0.3, -0.25) is 4.98 Å². The number of nitrogens with zero attached hydrogens (tertiary/aromatic N) is 1. The maximum atomic E-state index is 11.3. The molecule has 0 aromatic carbocycles. The number of hydrogen-bond acceptors (Lipinski definition) is 4. The fraction of sp³-hybridized carbons (Fsp3) is 0.444. The van der Waals surface area contributed by atoms with Gasteiger partial charge in [-0.2, -0.15) is 0 Å². The van der Waals surface area contributed by atoms with Gasteiger partial charge in [-0.25, -0.2) is 13.6 Å². The van der Waals surface area contributed by atoms with Gasteiger partial charge in [0.1, 0.15) is 4.90 Å². The third-order valence-electron chi connectivity index (χ3n) is 2.09. The van der Waals surface area contributed by atoms with Crippen molar-refractivity contribution >= 4 is 10.0 Å². The summed E-state index contributed by atoms with van der Waals surface area (Å²) in [5.41, 5.74) is 0.599. The Morgan fingerprint density at radius 3 is 2.73 bits per heavy atom. The number of hydrogen-bond donors (Lipinski definition) is 1. The van der Waals surface area contributed by atoms with Crippen molar-refractivity contribution < 1.29 is 13.2 Å². The van der Waals surface area contributed by atoms with E-state index in [1.54, 1.807) is 6.92 Å². The highest BCUT2D eigenvalue weighted by Crippen LogP contribution is 2.30. The van der Waals surface area contributed by atoms with E-state index in [0.29, 0.717) is 5.69 Å². The maximum Gasteiger partial charge on any atom is 0.241 e. The quantitative estimate of drug-likeness (QED) is 0.820. The van der Waals surface area contributed by atoms with Gasteiger partial charge in [-0.05, 0) is 25.8 Å². The van der Waals surface area contributed by atoms with Crippen LogP contribution in [0.15, 0.2) is 17.2 Å². The average Bonchev–Trinajstić information content (AvgIpc) is 2.90. The van der Waals surface area contributed by atoms with Gasteiger partial charge in [0, 0.05) is 5.69 Å². The van der Waals surface area contributed by atoms with Gasteiger partial charge in [-0.15, -0.1) is 0 Å². The third kappa shape index (κ3) is 2.45. The summed E-state index contributed by atoms with van der Waals surface area (Å²) >= 11 is 0. The van der Waals surface area contributed by atoms with Gasteiger partial charge < -0.3 is 4.74 Å². The number of aryl methyl sites for hydroxylation is 1. The molecule has 2 rings (SSSR count). The van der Waals surface area contributed by atoms with Crippen molar-refractivity contribution in [3.05, 3.63) is 18.0 Å². The Bertz CT molecular complexity index is 480. The fourth-order valence-corrected chi connectivity index (χ4v) is 1.91.